The highest BCUT2D eigenvalue weighted by molar-refractivity contribution is 5.81. The van der Waals surface area contributed by atoms with Gasteiger partial charge in [0.25, 0.3) is 0 Å². The van der Waals surface area contributed by atoms with Crippen LogP contribution < -0.4 is 5.32 Å². The molecule has 2 rings (SSSR count). The maximum absolute atomic E-state index is 11.5. The van der Waals surface area contributed by atoms with E-state index in [0.717, 1.165) is 16.7 Å². The van der Waals surface area contributed by atoms with Crippen LogP contribution >= 0.6 is 0 Å². The summed E-state index contributed by atoms with van der Waals surface area (Å²) in [6.45, 7) is 2.32. The lowest BCUT2D eigenvalue weighted by molar-refractivity contribution is -0.142. The van der Waals surface area contributed by atoms with E-state index in [9.17, 15) is 9.59 Å². The molecule has 1 heterocycles. The molecular formula is C15H18N2O4. The first-order chi connectivity index (χ1) is 10.1. The van der Waals surface area contributed by atoms with E-state index in [4.69, 9.17) is 4.42 Å². The average molecular weight is 290 g/mol. The fourth-order valence-electron chi connectivity index (χ4n) is 2.00. The summed E-state index contributed by atoms with van der Waals surface area (Å²) in [6.07, 6.45) is 0.951. The Morgan fingerprint density at radius 1 is 1.33 bits per heavy atom. The monoisotopic (exact) mass is 290 g/mol. The van der Waals surface area contributed by atoms with Crippen molar-refractivity contribution < 1.29 is 18.7 Å². The summed E-state index contributed by atoms with van der Waals surface area (Å²) in [5, 5.41) is 2.77. The number of amides is 1. The predicted octanol–water partition coefficient (Wildman–Crippen LogP) is 1.75. The molecule has 21 heavy (non-hydrogen) atoms. The first-order valence-corrected chi connectivity index (χ1v) is 6.78. The van der Waals surface area contributed by atoms with Gasteiger partial charge in [-0.2, -0.15) is 0 Å². The number of nitrogens with one attached hydrogen (secondary N) is 1. The van der Waals surface area contributed by atoms with Gasteiger partial charge < -0.3 is 14.5 Å². The van der Waals surface area contributed by atoms with E-state index in [0.29, 0.717) is 18.9 Å². The summed E-state index contributed by atoms with van der Waals surface area (Å²) in [7, 11) is 1.31. The van der Waals surface area contributed by atoms with Gasteiger partial charge in [0.1, 0.15) is 5.52 Å². The lowest BCUT2D eigenvalue weighted by Crippen LogP contribution is -2.26. The van der Waals surface area contributed by atoms with Gasteiger partial charge in [-0.25, -0.2) is 4.98 Å². The van der Waals surface area contributed by atoms with E-state index < -0.39 is 0 Å². The molecule has 112 valence electrons. The maximum atomic E-state index is 11.5. The van der Waals surface area contributed by atoms with Crippen molar-refractivity contribution in [3.63, 3.8) is 0 Å². The van der Waals surface area contributed by atoms with Crippen LogP contribution in [0.4, 0.5) is 0 Å². The molecule has 0 unspecified atom stereocenters. The van der Waals surface area contributed by atoms with Crippen LogP contribution in [0, 0.1) is 6.92 Å². The van der Waals surface area contributed by atoms with E-state index in [1.165, 1.54) is 7.11 Å². The first kappa shape index (κ1) is 15.0. The molecule has 6 heteroatoms. The molecular weight excluding hydrogens is 272 g/mol. The zero-order valence-electron chi connectivity index (χ0n) is 12.1. The smallest absolute Gasteiger partial charge is 0.306 e. The number of fused-ring (bicyclic) bond motifs is 1. The quantitative estimate of drug-likeness (QED) is 0.820. The molecule has 0 saturated heterocycles. The highest BCUT2D eigenvalue weighted by Gasteiger charge is 2.07. The number of rotatable bonds is 6. The van der Waals surface area contributed by atoms with Crippen LogP contribution in [0.3, 0.4) is 0 Å². The summed E-state index contributed by atoms with van der Waals surface area (Å²) in [6, 6.07) is 5.78. The summed E-state index contributed by atoms with van der Waals surface area (Å²) < 4.78 is 9.89. The molecule has 1 amide bonds. The van der Waals surface area contributed by atoms with Gasteiger partial charge in [0.05, 0.1) is 13.5 Å². The number of carbonyl (C=O) groups is 2. The fraction of sp³-hybridized carbons (Fsp3) is 0.400. The second-order valence-corrected chi connectivity index (χ2v) is 4.71. The van der Waals surface area contributed by atoms with Crippen LogP contribution in [-0.2, 0) is 20.7 Å². The van der Waals surface area contributed by atoms with Gasteiger partial charge in [0, 0.05) is 19.9 Å². The van der Waals surface area contributed by atoms with Gasteiger partial charge in [-0.1, -0.05) is 6.07 Å². The largest absolute Gasteiger partial charge is 0.469 e. The Morgan fingerprint density at radius 3 is 2.90 bits per heavy atom. The number of aryl methyl sites for hydroxylation is 1. The minimum absolute atomic E-state index is 0.104. The van der Waals surface area contributed by atoms with Crippen LogP contribution in [-0.4, -0.2) is 30.5 Å². The third-order valence-corrected chi connectivity index (χ3v) is 3.08. The molecule has 0 aliphatic carbocycles. The highest BCUT2D eigenvalue weighted by Crippen LogP contribution is 2.16. The first-order valence-electron chi connectivity index (χ1n) is 6.78. The summed E-state index contributed by atoms with van der Waals surface area (Å²) >= 11 is 0. The number of aromatic nitrogens is 1. The minimum atomic E-state index is -0.378. The van der Waals surface area contributed by atoms with Crippen molar-refractivity contribution >= 4 is 23.0 Å². The van der Waals surface area contributed by atoms with Crippen LogP contribution in [0.15, 0.2) is 22.6 Å². The topological polar surface area (TPSA) is 81.4 Å². The van der Waals surface area contributed by atoms with E-state index in [1.807, 2.05) is 18.2 Å². The van der Waals surface area contributed by atoms with Crippen molar-refractivity contribution in [1.82, 2.24) is 10.3 Å². The Bertz CT molecular complexity index is 648. The van der Waals surface area contributed by atoms with E-state index in [2.05, 4.69) is 15.0 Å². The number of oxazole rings is 1. The number of benzene rings is 1. The number of hydrogen-bond acceptors (Lipinski definition) is 5. The highest BCUT2D eigenvalue weighted by atomic mass is 16.5. The molecule has 0 aliphatic rings. The van der Waals surface area contributed by atoms with Gasteiger partial charge in [-0.05, 0) is 24.1 Å². The third-order valence-electron chi connectivity index (χ3n) is 3.08. The molecule has 1 aromatic carbocycles. The number of esters is 1. The SMILES string of the molecule is COC(=O)CCC(=O)NCCc1ccc2oc(C)nc2c1. The second-order valence-electron chi connectivity index (χ2n) is 4.71. The number of methoxy groups -OCH3 is 1. The third kappa shape index (κ3) is 4.30. The van der Waals surface area contributed by atoms with E-state index in [1.54, 1.807) is 6.92 Å². The maximum Gasteiger partial charge on any atom is 0.306 e. The zero-order valence-corrected chi connectivity index (χ0v) is 12.1. The molecule has 0 aliphatic heterocycles. The van der Waals surface area contributed by atoms with Gasteiger partial charge in [-0.3, -0.25) is 9.59 Å². The molecule has 1 N–H and O–H groups in total. The van der Waals surface area contributed by atoms with Crippen LogP contribution in [0.1, 0.15) is 24.3 Å². The van der Waals surface area contributed by atoms with Crippen molar-refractivity contribution in [1.29, 1.82) is 0 Å². The molecule has 0 fully saturated rings. The zero-order chi connectivity index (χ0) is 15.2. The molecule has 0 saturated carbocycles. The molecule has 0 radical (unpaired) electrons. The average Bonchev–Trinajstić information content (AvgIpc) is 2.84. The standard InChI is InChI=1S/C15H18N2O4/c1-10-17-12-9-11(3-4-13(12)21-10)7-8-16-14(18)5-6-15(19)20-2/h3-4,9H,5-8H2,1-2H3,(H,16,18). The molecule has 6 nitrogen and oxygen atoms in total. The number of hydrogen-bond donors (Lipinski definition) is 1. The molecule has 1 aromatic heterocycles. The normalized spacial score (nSPS) is 10.6. The van der Waals surface area contributed by atoms with Crippen molar-refractivity contribution in [3.05, 3.63) is 29.7 Å². The number of nitrogens with zero attached hydrogens (tertiary/aromatic N) is 1. The Labute approximate surface area is 122 Å². The van der Waals surface area contributed by atoms with Gasteiger partial charge in [0.2, 0.25) is 5.91 Å². The van der Waals surface area contributed by atoms with Gasteiger partial charge in [-0.15, -0.1) is 0 Å². The van der Waals surface area contributed by atoms with E-state index in [-0.39, 0.29) is 24.7 Å². The van der Waals surface area contributed by atoms with Crippen molar-refractivity contribution in [2.45, 2.75) is 26.2 Å². The number of ether oxygens (including phenoxy) is 1. The van der Waals surface area contributed by atoms with Crippen molar-refractivity contribution in [2.24, 2.45) is 0 Å². The van der Waals surface area contributed by atoms with Crippen LogP contribution in [0.2, 0.25) is 0 Å². The molecule has 0 bridgehead atoms. The number of carbonyl (C=O) groups excluding carboxylic acids is 2. The lowest BCUT2D eigenvalue weighted by Gasteiger charge is -2.05. The summed E-state index contributed by atoms with van der Waals surface area (Å²) in [5.74, 6) is 0.106. The van der Waals surface area contributed by atoms with Crippen molar-refractivity contribution in [2.75, 3.05) is 13.7 Å². The van der Waals surface area contributed by atoms with Crippen LogP contribution in [0.5, 0.6) is 0 Å². The Morgan fingerprint density at radius 2 is 2.14 bits per heavy atom. The summed E-state index contributed by atoms with van der Waals surface area (Å²) in [5.41, 5.74) is 2.66. The summed E-state index contributed by atoms with van der Waals surface area (Å²) in [4.78, 5) is 26.7. The van der Waals surface area contributed by atoms with Gasteiger partial charge >= 0.3 is 5.97 Å². The van der Waals surface area contributed by atoms with Crippen molar-refractivity contribution in [3.8, 4) is 0 Å². The predicted molar refractivity (Wildman–Crippen MR) is 76.7 cm³/mol. The Kier molecular flexibility index (Phi) is 4.92. The van der Waals surface area contributed by atoms with Gasteiger partial charge in [0.15, 0.2) is 11.5 Å². The Balaban J connectivity index is 1.79. The molecule has 0 atom stereocenters. The lowest BCUT2D eigenvalue weighted by atomic mass is 10.1. The fourth-order valence-corrected chi connectivity index (χ4v) is 2.00. The molecule has 0 spiro atoms. The van der Waals surface area contributed by atoms with Crippen LogP contribution in [0.25, 0.3) is 11.1 Å². The minimum Gasteiger partial charge on any atom is -0.469 e. The van der Waals surface area contributed by atoms with E-state index >= 15 is 0 Å². The Hall–Kier alpha value is -2.37. The molecule has 2 aromatic rings. The second kappa shape index (κ2) is 6.88.